The molecular weight excluding hydrogens is 448 g/mol. The van der Waals surface area contributed by atoms with Crippen molar-refractivity contribution in [3.63, 3.8) is 0 Å². The van der Waals surface area contributed by atoms with Crippen LogP contribution >= 0.6 is 0 Å². The Kier molecular flexibility index (Phi) is 5.60. The van der Waals surface area contributed by atoms with Crippen molar-refractivity contribution in [1.82, 2.24) is 18.9 Å². The second-order valence-electron chi connectivity index (χ2n) is 6.71. The first kappa shape index (κ1) is 21.5. The maximum absolute atomic E-state index is 13.1. The van der Waals surface area contributed by atoms with Crippen molar-refractivity contribution < 1.29 is 30.9 Å². The first-order valence-corrected chi connectivity index (χ1v) is 12.1. The third-order valence-electron chi connectivity index (χ3n) is 5.06. The van der Waals surface area contributed by atoms with Gasteiger partial charge in [0.2, 0.25) is 20.0 Å². The summed E-state index contributed by atoms with van der Waals surface area (Å²) in [6.45, 7) is -0.00105. The maximum atomic E-state index is 13.1. The third-order valence-corrected chi connectivity index (χ3v) is 8.88. The summed E-state index contributed by atoms with van der Waals surface area (Å²) in [6.07, 6.45) is 0. The van der Waals surface area contributed by atoms with Gasteiger partial charge in [-0.05, 0) is 34.6 Å². The molecule has 1 saturated heterocycles. The van der Waals surface area contributed by atoms with E-state index in [9.17, 15) is 16.8 Å². The Morgan fingerprint density at radius 2 is 1.48 bits per heavy atom. The van der Waals surface area contributed by atoms with Crippen LogP contribution in [-0.2, 0) is 20.0 Å². The van der Waals surface area contributed by atoms with E-state index in [0.717, 1.165) is 0 Å². The van der Waals surface area contributed by atoms with Crippen LogP contribution in [0.3, 0.4) is 0 Å². The molecule has 0 radical (unpaired) electrons. The van der Waals surface area contributed by atoms with Crippen LogP contribution < -0.4 is 9.47 Å². The van der Waals surface area contributed by atoms with Crippen LogP contribution in [0.5, 0.6) is 11.5 Å². The summed E-state index contributed by atoms with van der Waals surface area (Å²) in [5.41, 5.74) is 0.471. The average Bonchev–Trinajstić information content (AvgIpc) is 3.27. The Balaban J connectivity index is 1.55. The van der Waals surface area contributed by atoms with E-state index in [-0.39, 0.29) is 41.5 Å². The smallest absolute Gasteiger partial charge is 0.245 e. The summed E-state index contributed by atoms with van der Waals surface area (Å²) in [5.74, 6) is 0.702. The zero-order chi connectivity index (χ0) is 22.2. The first-order valence-electron chi connectivity index (χ1n) is 9.22. The number of piperazine rings is 1. The molecule has 0 aliphatic carbocycles. The summed E-state index contributed by atoms with van der Waals surface area (Å²) in [7, 11) is -4.86. The summed E-state index contributed by atoms with van der Waals surface area (Å²) >= 11 is 0. The third kappa shape index (κ3) is 3.73. The predicted octanol–water partition coefficient (Wildman–Crippen LogP) is 0.935. The number of methoxy groups -OCH3 is 2. The molecule has 1 aliphatic heterocycles. The van der Waals surface area contributed by atoms with Crippen LogP contribution in [0.1, 0.15) is 0 Å². The molecule has 0 amide bonds. The zero-order valence-electron chi connectivity index (χ0n) is 16.8. The molecular formula is C18H20N4O7S2. The molecule has 2 heterocycles. The number of aromatic nitrogens is 2. The minimum Gasteiger partial charge on any atom is -0.493 e. The van der Waals surface area contributed by atoms with Crippen molar-refractivity contribution >= 4 is 31.1 Å². The Labute approximate surface area is 179 Å². The molecule has 13 heteroatoms. The van der Waals surface area contributed by atoms with Gasteiger partial charge in [-0.3, -0.25) is 0 Å². The molecule has 0 bridgehead atoms. The van der Waals surface area contributed by atoms with Gasteiger partial charge in [-0.1, -0.05) is 6.07 Å². The zero-order valence-corrected chi connectivity index (χ0v) is 18.4. The van der Waals surface area contributed by atoms with Gasteiger partial charge in [-0.2, -0.15) is 8.61 Å². The minimum absolute atomic E-state index is 0.00293. The summed E-state index contributed by atoms with van der Waals surface area (Å²) in [4.78, 5) is 0.0161. The number of hydrogen-bond donors (Lipinski definition) is 0. The Bertz CT molecular complexity index is 1310. The van der Waals surface area contributed by atoms with Gasteiger partial charge in [0.05, 0.1) is 19.1 Å². The number of nitrogens with zero attached hydrogens (tertiary/aromatic N) is 4. The van der Waals surface area contributed by atoms with Gasteiger partial charge in [0.25, 0.3) is 0 Å². The van der Waals surface area contributed by atoms with Crippen LogP contribution in [0.2, 0.25) is 0 Å². The summed E-state index contributed by atoms with van der Waals surface area (Å²) in [5, 5.41) is 7.35. The Hall–Kier alpha value is -2.74. The molecule has 4 rings (SSSR count). The second-order valence-corrected chi connectivity index (χ2v) is 10.6. The van der Waals surface area contributed by atoms with Crippen LogP contribution in [0, 0.1) is 0 Å². The van der Waals surface area contributed by atoms with Crippen molar-refractivity contribution in [2.75, 3.05) is 40.4 Å². The van der Waals surface area contributed by atoms with E-state index in [1.807, 2.05) is 0 Å². The number of sulfonamides is 2. The quantitative estimate of drug-likeness (QED) is 0.518. The molecule has 0 atom stereocenters. The largest absolute Gasteiger partial charge is 0.493 e. The molecule has 1 aliphatic rings. The highest BCUT2D eigenvalue weighted by Gasteiger charge is 2.35. The van der Waals surface area contributed by atoms with Crippen molar-refractivity contribution in [2.45, 2.75) is 9.79 Å². The highest BCUT2D eigenvalue weighted by atomic mass is 32.2. The molecule has 2 aromatic carbocycles. The molecule has 3 aromatic rings. The lowest BCUT2D eigenvalue weighted by atomic mass is 10.3. The summed E-state index contributed by atoms with van der Waals surface area (Å²) in [6, 6.07) is 8.90. The van der Waals surface area contributed by atoms with Crippen molar-refractivity contribution in [3.8, 4) is 11.5 Å². The highest BCUT2D eigenvalue weighted by Crippen LogP contribution is 2.31. The molecule has 11 nitrogen and oxygen atoms in total. The topological polar surface area (TPSA) is 132 Å². The summed E-state index contributed by atoms with van der Waals surface area (Å²) < 4.78 is 69.8. The SMILES string of the molecule is COc1ccc(S(=O)(=O)N2CCN(S(=O)(=O)c3cccc4nonc34)CC2)cc1OC. The van der Waals surface area contributed by atoms with E-state index in [0.29, 0.717) is 17.0 Å². The normalized spacial score (nSPS) is 16.5. The number of rotatable bonds is 6. The minimum atomic E-state index is -3.90. The van der Waals surface area contributed by atoms with Crippen LogP contribution in [0.25, 0.3) is 11.0 Å². The molecule has 0 N–H and O–H groups in total. The Morgan fingerprint density at radius 3 is 2.13 bits per heavy atom. The van der Waals surface area contributed by atoms with Gasteiger partial charge in [-0.25, -0.2) is 21.5 Å². The van der Waals surface area contributed by atoms with E-state index in [2.05, 4.69) is 14.9 Å². The number of fused-ring (bicyclic) bond motifs is 1. The molecule has 0 saturated carbocycles. The molecule has 166 valence electrons. The lowest BCUT2D eigenvalue weighted by Crippen LogP contribution is -2.50. The molecule has 1 fully saturated rings. The van der Waals surface area contributed by atoms with E-state index in [4.69, 9.17) is 9.47 Å². The van der Waals surface area contributed by atoms with Gasteiger partial charge in [0, 0.05) is 32.2 Å². The Morgan fingerprint density at radius 1 is 0.839 bits per heavy atom. The van der Waals surface area contributed by atoms with Crippen LogP contribution in [0.4, 0.5) is 0 Å². The van der Waals surface area contributed by atoms with E-state index in [1.165, 1.54) is 47.1 Å². The van der Waals surface area contributed by atoms with Gasteiger partial charge >= 0.3 is 0 Å². The lowest BCUT2D eigenvalue weighted by molar-refractivity contribution is 0.272. The van der Waals surface area contributed by atoms with E-state index >= 15 is 0 Å². The molecule has 0 unspecified atom stereocenters. The van der Waals surface area contributed by atoms with Gasteiger partial charge in [0.1, 0.15) is 10.4 Å². The second kappa shape index (κ2) is 8.07. The fourth-order valence-electron chi connectivity index (χ4n) is 3.41. The molecule has 1 aromatic heterocycles. The first-order chi connectivity index (χ1) is 14.8. The van der Waals surface area contributed by atoms with E-state index < -0.39 is 20.0 Å². The van der Waals surface area contributed by atoms with Crippen molar-refractivity contribution in [2.24, 2.45) is 0 Å². The lowest BCUT2D eigenvalue weighted by Gasteiger charge is -2.33. The molecule has 0 spiro atoms. The van der Waals surface area contributed by atoms with Crippen molar-refractivity contribution in [3.05, 3.63) is 36.4 Å². The highest BCUT2D eigenvalue weighted by molar-refractivity contribution is 7.89. The van der Waals surface area contributed by atoms with E-state index in [1.54, 1.807) is 12.1 Å². The van der Waals surface area contributed by atoms with Crippen molar-refractivity contribution in [1.29, 1.82) is 0 Å². The number of benzene rings is 2. The van der Waals surface area contributed by atoms with Crippen LogP contribution in [-0.4, -0.2) is 76.2 Å². The maximum Gasteiger partial charge on any atom is 0.245 e. The average molecular weight is 469 g/mol. The molecule has 31 heavy (non-hydrogen) atoms. The van der Waals surface area contributed by atoms with Crippen LogP contribution in [0.15, 0.2) is 50.8 Å². The van der Waals surface area contributed by atoms with Gasteiger partial charge in [0.15, 0.2) is 17.0 Å². The number of ether oxygens (including phenoxy) is 2. The monoisotopic (exact) mass is 468 g/mol. The van der Waals surface area contributed by atoms with Gasteiger partial charge in [-0.15, -0.1) is 0 Å². The number of hydrogen-bond acceptors (Lipinski definition) is 9. The van der Waals surface area contributed by atoms with Gasteiger partial charge < -0.3 is 9.47 Å². The fourth-order valence-corrected chi connectivity index (χ4v) is 6.40. The standard InChI is InChI=1S/C18H20N4O7S2/c1-27-15-7-6-13(12-16(15)28-2)30(23,24)21-8-10-22(11-9-21)31(25,26)17-5-3-4-14-18(17)20-29-19-14/h3-7,12H,8-11H2,1-2H3. The predicted molar refractivity (Wildman–Crippen MR) is 109 cm³/mol. The fraction of sp³-hybridized carbons (Fsp3) is 0.333.